The van der Waals surface area contributed by atoms with Crippen LogP contribution in [0.25, 0.3) is 0 Å². The van der Waals surface area contributed by atoms with Crippen LogP contribution in [0, 0.1) is 0 Å². The van der Waals surface area contributed by atoms with Crippen LogP contribution in [0.3, 0.4) is 0 Å². The smallest absolute Gasteiger partial charge is 0.257 e. The normalized spacial score (nSPS) is 13.3. The van der Waals surface area contributed by atoms with E-state index >= 15 is 0 Å². The minimum absolute atomic E-state index is 0.186. The van der Waals surface area contributed by atoms with Crippen molar-refractivity contribution in [3.05, 3.63) is 106 Å². The largest absolute Gasteiger partial charge is 0.489 e. The predicted octanol–water partition coefficient (Wildman–Crippen LogP) is 4.93. The number of pyridine rings is 1. The number of rotatable bonds is 7. The number of nitrogens with zero attached hydrogens (tertiary/aromatic N) is 3. The van der Waals surface area contributed by atoms with Crippen LogP contribution in [0.5, 0.6) is 5.75 Å². The average Bonchev–Trinajstić information content (AvgIpc) is 3.26. The molecule has 0 saturated heterocycles. The molecule has 0 spiro atoms. The molecule has 7 heteroatoms. The van der Waals surface area contributed by atoms with E-state index in [0.29, 0.717) is 23.1 Å². The Kier molecular flexibility index (Phi) is 6.41. The summed E-state index contributed by atoms with van der Waals surface area (Å²) in [5.74, 6) is 0.454. The fourth-order valence-electron chi connectivity index (χ4n) is 3.82. The van der Waals surface area contributed by atoms with Crippen molar-refractivity contribution in [1.82, 2.24) is 14.9 Å². The number of thiazole rings is 1. The van der Waals surface area contributed by atoms with E-state index in [4.69, 9.17) is 4.74 Å². The van der Waals surface area contributed by atoms with Crippen molar-refractivity contribution in [2.75, 3.05) is 11.9 Å². The maximum Gasteiger partial charge on any atom is 0.257 e. The minimum atomic E-state index is -0.186. The fourth-order valence-corrected chi connectivity index (χ4v) is 4.87. The molecule has 0 unspecified atom stereocenters. The highest BCUT2D eigenvalue weighted by Crippen LogP contribution is 2.29. The van der Waals surface area contributed by atoms with E-state index in [9.17, 15) is 4.79 Å². The number of benzene rings is 2. The first-order chi connectivity index (χ1) is 16.2. The number of hydrogen-bond donors (Lipinski definition) is 1. The molecule has 1 aliphatic heterocycles. The van der Waals surface area contributed by atoms with Gasteiger partial charge in [-0.3, -0.25) is 20.0 Å². The molecule has 6 nitrogen and oxygen atoms in total. The summed E-state index contributed by atoms with van der Waals surface area (Å²) in [6.45, 7) is 3.15. The first-order valence-electron chi connectivity index (χ1n) is 10.9. The van der Waals surface area contributed by atoms with E-state index in [-0.39, 0.29) is 5.91 Å². The maximum atomic E-state index is 12.8. The molecule has 0 fully saturated rings. The van der Waals surface area contributed by atoms with Gasteiger partial charge in [0.2, 0.25) is 0 Å². The monoisotopic (exact) mass is 456 g/mol. The Morgan fingerprint density at radius 2 is 1.94 bits per heavy atom. The van der Waals surface area contributed by atoms with E-state index in [1.807, 2.05) is 30.3 Å². The van der Waals surface area contributed by atoms with Crippen LogP contribution in [0.4, 0.5) is 5.13 Å². The Morgan fingerprint density at radius 3 is 2.79 bits per heavy atom. The molecule has 0 bridgehead atoms. The van der Waals surface area contributed by atoms with Crippen LogP contribution in [0.15, 0.2) is 79.1 Å². The summed E-state index contributed by atoms with van der Waals surface area (Å²) in [4.78, 5) is 25.3. The molecule has 33 heavy (non-hydrogen) atoms. The van der Waals surface area contributed by atoms with E-state index in [1.54, 1.807) is 35.9 Å². The SMILES string of the molecule is O=C(Nc1nc2c(s1)CN(Cc1ccccc1)CC2)c1cccc(OCc2cccnc2)c1. The predicted molar refractivity (Wildman–Crippen MR) is 129 cm³/mol. The maximum absolute atomic E-state index is 12.8. The number of amides is 1. The molecule has 1 aliphatic rings. The van der Waals surface area contributed by atoms with Gasteiger partial charge in [-0.05, 0) is 29.8 Å². The summed E-state index contributed by atoms with van der Waals surface area (Å²) < 4.78 is 5.82. The van der Waals surface area contributed by atoms with Gasteiger partial charge in [-0.1, -0.05) is 42.5 Å². The number of carbonyl (C=O) groups excluding carboxylic acids is 1. The first-order valence-corrected chi connectivity index (χ1v) is 11.7. The van der Waals surface area contributed by atoms with Crippen LogP contribution in [0.2, 0.25) is 0 Å². The van der Waals surface area contributed by atoms with Crippen LogP contribution in [-0.4, -0.2) is 27.3 Å². The lowest BCUT2D eigenvalue weighted by Crippen LogP contribution is -2.29. The van der Waals surface area contributed by atoms with Crippen molar-refractivity contribution in [3.63, 3.8) is 0 Å². The second kappa shape index (κ2) is 9.94. The first kappa shape index (κ1) is 21.3. The zero-order valence-electron chi connectivity index (χ0n) is 18.1. The molecule has 0 saturated carbocycles. The summed E-state index contributed by atoms with van der Waals surface area (Å²) >= 11 is 1.56. The molecule has 0 aliphatic carbocycles. The van der Waals surface area contributed by atoms with E-state index < -0.39 is 0 Å². The summed E-state index contributed by atoms with van der Waals surface area (Å²) in [6.07, 6.45) is 4.39. The number of fused-ring (bicyclic) bond motifs is 1. The number of aromatic nitrogens is 2. The van der Waals surface area contributed by atoms with Crippen molar-refractivity contribution in [2.24, 2.45) is 0 Å². The fraction of sp³-hybridized carbons (Fsp3) is 0.192. The van der Waals surface area contributed by atoms with Gasteiger partial charge in [0.05, 0.1) is 5.69 Å². The third-order valence-corrected chi connectivity index (χ3v) is 6.50. The van der Waals surface area contributed by atoms with Gasteiger partial charge >= 0.3 is 0 Å². The third kappa shape index (κ3) is 5.45. The molecule has 2 aromatic heterocycles. The third-order valence-electron chi connectivity index (χ3n) is 5.50. The van der Waals surface area contributed by atoms with Crippen molar-refractivity contribution in [2.45, 2.75) is 26.1 Å². The lowest BCUT2D eigenvalue weighted by molar-refractivity contribution is 0.102. The Hall–Kier alpha value is -3.55. The molecule has 166 valence electrons. The Balaban J connectivity index is 1.20. The van der Waals surface area contributed by atoms with E-state index in [0.717, 1.165) is 37.3 Å². The molecule has 0 radical (unpaired) electrons. The van der Waals surface area contributed by atoms with Gasteiger partial charge in [0.1, 0.15) is 12.4 Å². The van der Waals surface area contributed by atoms with Crippen molar-refractivity contribution in [3.8, 4) is 5.75 Å². The van der Waals surface area contributed by atoms with Crippen molar-refractivity contribution >= 4 is 22.4 Å². The van der Waals surface area contributed by atoms with Gasteiger partial charge in [-0.2, -0.15) is 0 Å². The number of anilines is 1. The molecule has 1 N–H and O–H groups in total. The van der Waals surface area contributed by atoms with Gasteiger partial charge in [0.15, 0.2) is 5.13 Å². The average molecular weight is 457 g/mol. The van der Waals surface area contributed by atoms with Crippen LogP contribution >= 0.6 is 11.3 Å². The van der Waals surface area contributed by atoms with E-state index in [1.165, 1.54) is 10.4 Å². The Morgan fingerprint density at radius 1 is 1.06 bits per heavy atom. The van der Waals surface area contributed by atoms with Gasteiger partial charge in [-0.15, -0.1) is 11.3 Å². The highest BCUT2D eigenvalue weighted by atomic mass is 32.1. The lowest BCUT2D eigenvalue weighted by atomic mass is 10.1. The molecule has 1 amide bonds. The molecule has 5 rings (SSSR count). The molecular weight excluding hydrogens is 432 g/mol. The van der Waals surface area contributed by atoms with Crippen molar-refractivity contribution < 1.29 is 9.53 Å². The molecule has 0 atom stereocenters. The summed E-state index contributed by atoms with van der Waals surface area (Å²) in [7, 11) is 0. The van der Waals surface area contributed by atoms with Crippen LogP contribution in [0.1, 0.15) is 32.1 Å². The summed E-state index contributed by atoms with van der Waals surface area (Å²) in [5, 5.41) is 3.61. The van der Waals surface area contributed by atoms with Crippen LogP contribution in [-0.2, 0) is 26.1 Å². The van der Waals surface area contributed by atoms with Gasteiger partial charge in [-0.25, -0.2) is 4.98 Å². The lowest BCUT2D eigenvalue weighted by Gasteiger charge is -2.25. The molecular formula is C26H24N4O2S. The highest BCUT2D eigenvalue weighted by Gasteiger charge is 2.21. The topological polar surface area (TPSA) is 67.4 Å². The van der Waals surface area contributed by atoms with Crippen LogP contribution < -0.4 is 10.1 Å². The van der Waals surface area contributed by atoms with E-state index in [2.05, 4.69) is 44.5 Å². The van der Waals surface area contributed by atoms with Gasteiger partial charge in [0, 0.05) is 54.5 Å². The molecule has 3 heterocycles. The zero-order valence-corrected chi connectivity index (χ0v) is 18.9. The second-order valence-electron chi connectivity index (χ2n) is 7.97. The number of nitrogens with one attached hydrogen (secondary N) is 1. The van der Waals surface area contributed by atoms with Gasteiger partial charge in [0.25, 0.3) is 5.91 Å². The zero-order chi connectivity index (χ0) is 22.5. The summed E-state index contributed by atoms with van der Waals surface area (Å²) in [6, 6.07) is 21.5. The number of carbonyl (C=O) groups is 1. The number of ether oxygens (including phenoxy) is 1. The quantitative estimate of drug-likeness (QED) is 0.427. The van der Waals surface area contributed by atoms with Crippen molar-refractivity contribution in [1.29, 1.82) is 0 Å². The standard InChI is InChI=1S/C26H24N4O2S/c31-25(21-9-4-10-22(14-21)32-18-20-8-5-12-27-15-20)29-26-28-23-11-13-30(17-24(23)33-26)16-19-6-2-1-3-7-19/h1-10,12,14-15H,11,13,16-18H2,(H,28,29,31). The minimum Gasteiger partial charge on any atom is -0.489 e. The summed E-state index contributed by atoms with van der Waals surface area (Å²) in [5.41, 5.74) is 3.91. The Bertz CT molecular complexity index is 1230. The highest BCUT2D eigenvalue weighted by molar-refractivity contribution is 7.15. The number of hydrogen-bond acceptors (Lipinski definition) is 6. The molecule has 4 aromatic rings. The van der Waals surface area contributed by atoms with Gasteiger partial charge < -0.3 is 4.74 Å². The second-order valence-corrected chi connectivity index (χ2v) is 9.05. The molecule has 2 aromatic carbocycles. The Labute approximate surface area is 196 Å².